The summed E-state index contributed by atoms with van der Waals surface area (Å²) in [4.78, 5) is 3.93. The van der Waals surface area contributed by atoms with Gasteiger partial charge in [0, 0.05) is 13.5 Å². The van der Waals surface area contributed by atoms with E-state index in [9.17, 15) is 0 Å². The van der Waals surface area contributed by atoms with Gasteiger partial charge in [0.2, 0.25) is 0 Å². The van der Waals surface area contributed by atoms with Gasteiger partial charge in [-0.3, -0.25) is 8.06 Å². The van der Waals surface area contributed by atoms with Crippen LogP contribution in [0.5, 0.6) is 0 Å². The Bertz CT molecular complexity index is 107. The molecule has 0 bridgehead atoms. The molecule has 0 aromatic carbocycles. The average molecular weight is 271 g/mol. The molecule has 0 heterocycles. The van der Waals surface area contributed by atoms with Crippen LogP contribution in [0.25, 0.3) is 0 Å². The molecule has 0 N–H and O–H groups in total. The summed E-state index contributed by atoms with van der Waals surface area (Å²) in [6.07, 6.45) is 1.59. The SMILES string of the molecule is C=NC(CC)C[C@H](OC)OI. The molecule has 3 nitrogen and oxygen atoms in total. The van der Waals surface area contributed by atoms with E-state index in [0.717, 1.165) is 12.8 Å². The Morgan fingerprint density at radius 3 is 2.55 bits per heavy atom. The van der Waals surface area contributed by atoms with Gasteiger partial charge >= 0.3 is 0 Å². The van der Waals surface area contributed by atoms with Crippen LogP contribution in [0.3, 0.4) is 0 Å². The lowest BCUT2D eigenvalue weighted by Crippen LogP contribution is -2.17. The maximum atomic E-state index is 5.02. The summed E-state index contributed by atoms with van der Waals surface area (Å²) < 4.78 is 10.0. The molecule has 0 aliphatic heterocycles. The Morgan fingerprint density at radius 1 is 1.64 bits per heavy atom. The van der Waals surface area contributed by atoms with E-state index in [-0.39, 0.29) is 12.3 Å². The zero-order chi connectivity index (χ0) is 8.69. The minimum atomic E-state index is -0.161. The van der Waals surface area contributed by atoms with Gasteiger partial charge < -0.3 is 4.74 Å². The standard InChI is InChI=1S/C7H14INO2/c1-4-6(9-2)5-7(10-3)11-8/h6-7H,2,4-5H2,1,3H3/t6?,7-/m1/s1. The molecule has 0 aromatic rings. The van der Waals surface area contributed by atoms with E-state index in [2.05, 4.69) is 18.6 Å². The van der Waals surface area contributed by atoms with Crippen LogP contribution in [-0.4, -0.2) is 26.2 Å². The molecule has 0 radical (unpaired) electrons. The van der Waals surface area contributed by atoms with Crippen molar-refractivity contribution in [3.63, 3.8) is 0 Å². The number of halogens is 1. The molecule has 2 atom stereocenters. The summed E-state index contributed by atoms with van der Waals surface area (Å²) in [5.41, 5.74) is 0. The van der Waals surface area contributed by atoms with Crippen molar-refractivity contribution >= 4 is 29.7 Å². The van der Waals surface area contributed by atoms with Crippen LogP contribution in [0.4, 0.5) is 0 Å². The molecule has 0 amide bonds. The highest BCUT2D eigenvalue weighted by molar-refractivity contribution is 14.1. The summed E-state index contributed by atoms with van der Waals surface area (Å²) in [6.45, 7) is 5.56. The molecule has 0 spiro atoms. The molecule has 0 rings (SSSR count). The molecule has 11 heavy (non-hydrogen) atoms. The number of ether oxygens (including phenoxy) is 1. The van der Waals surface area contributed by atoms with Crippen molar-refractivity contribution in [1.29, 1.82) is 0 Å². The minimum absolute atomic E-state index is 0.161. The molecule has 0 saturated heterocycles. The first kappa shape index (κ1) is 11.3. The zero-order valence-corrected chi connectivity index (χ0v) is 9.08. The fourth-order valence-corrected chi connectivity index (χ4v) is 1.18. The minimum Gasteiger partial charge on any atom is -0.355 e. The Morgan fingerprint density at radius 2 is 2.27 bits per heavy atom. The van der Waals surface area contributed by atoms with Gasteiger partial charge in [-0.1, -0.05) is 6.92 Å². The molecule has 0 fully saturated rings. The molecule has 66 valence electrons. The molecule has 1 unspecified atom stereocenters. The third kappa shape index (κ3) is 4.71. The molecule has 0 aromatic heterocycles. The highest BCUT2D eigenvalue weighted by Crippen LogP contribution is 2.11. The van der Waals surface area contributed by atoms with Crippen molar-refractivity contribution < 1.29 is 7.80 Å². The van der Waals surface area contributed by atoms with E-state index < -0.39 is 0 Å². The lowest BCUT2D eigenvalue weighted by molar-refractivity contribution is -0.0339. The molecule has 0 aliphatic carbocycles. The summed E-state index contributed by atoms with van der Waals surface area (Å²) in [7, 11) is 1.62. The van der Waals surface area contributed by atoms with Crippen molar-refractivity contribution in [2.75, 3.05) is 7.11 Å². The second-order valence-corrected chi connectivity index (χ2v) is 2.74. The average Bonchev–Trinajstić information content (AvgIpc) is 2.07. The van der Waals surface area contributed by atoms with Gasteiger partial charge in [-0.25, -0.2) is 0 Å². The van der Waals surface area contributed by atoms with Crippen LogP contribution >= 0.6 is 23.0 Å². The van der Waals surface area contributed by atoms with E-state index in [4.69, 9.17) is 7.80 Å². The largest absolute Gasteiger partial charge is 0.355 e. The predicted molar refractivity (Wildman–Crippen MR) is 54.1 cm³/mol. The van der Waals surface area contributed by atoms with Gasteiger partial charge in [0.1, 0.15) is 23.0 Å². The lowest BCUT2D eigenvalue weighted by Gasteiger charge is -2.15. The van der Waals surface area contributed by atoms with Crippen LogP contribution in [0.1, 0.15) is 19.8 Å². The van der Waals surface area contributed by atoms with Gasteiger partial charge in [-0.2, -0.15) is 0 Å². The number of hydrogen-bond donors (Lipinski definition) is 0. The Hall–Kier alpha value is 0.320. The van der Waals surface area contributed by atoms with Gasteiger partial charge in [-0.15, -0.1) is 0 Å². The lowest BCUT2D eigenvalue weighted by atomic mass is 10.1. The second kappa shape index (κ2) is 7.00. The van der Waals surface area contributed by atoms with Crippen molar-refractivity contribution in [2.45, 2.75) is 32.1 Å². The van der Waals surface area contributed by atoms with Gasteiger partial charge in [-0.05, 0) is 13.1 Å². The first-order valence-electron chi connectivity index (χ1n) is 3.54. The van der Waals surface area contributed by atoms with Crippen LogP contribution in [-0.2, 0) is 7.80 Å². The van der Waals surface area contributed by atoms with E-state index in [1.54, 1.807) is 7.11 Å². The Labute approximate surface area is 81.9 Å². The van der Waals surface area contributed by atoms with E-state index in [0.29, 0.717) is 0 Å². The van der Waals surface area contributed by atoms with E-state index >= 15 is 0 Å². The van der Waals surface area contributed by atoms with Crippen molar-refractivity contribution in [3.8, 4) is 0 Å². The normalized spacial score (nSPS) is 15.9. The fraction of sp³-hybridized carbons (Fsp3) is 0.857. The summed E-state index contributed by atoms with van der Waals surface area (Å²) in [5, 5.41) is 0. The molecule has 0 saturated carbocycles. The fourth-order valence-electron chi connectivity index (χ4n) is 0.761. The Kier molecular flexibility index (Phi) is 7.20. The summed E-state index contributed by atoms with van der Waals surface area (Å²) in [5.74, 6) is 0. The summed E-state index contributed by atoms with van der Waals surface area (Å²) >= 11 is 1.83. The molecule has 0 aliphatic rings. The topological polar surface area (TPSA) is 30.8 Å². The number of hydrogen-bond acceptors (Lipinski definition) is 3. The van der Waals surface area contributed by atoms with Crippen molar-refractivity contribution in [1.82, 2.24) is 0 Å². The predicted octanol–water partition coefficient (Wildman–Crippen LogP) is 2.19. The zero-order valence-electron chi connectivity index (χ0n) is 6.92. The van der Waals surface area contributed by atoms with Crippen LogP contribution < -0.4 is 0 Å². The van der Waals surface area contributed by atoms with Crippen LogP contribution in [0.15, 0.2) is 4.99 Å². The van der Waals surface area contributed by atoms with E-state index in [1.165, 1.54) is 0 Å². The Balaban J connectivity index is 3.67. The summed E-state index contributed by atoms with van der Waals surface area (Å²) in [6, 6.07) is 0.245. The first-order chi connectivity index (χ1) is 5.28. The number of rotatable bonds is 6. The number of methoxy groups -OCH3 is 1. The first-order valence-corrected chi connectivity index (χ1v) is 4.42. The quantitative estimate of drug-likeness (QED) is 0.421. The van der Waals surface area contributed by atoms with Gasteiger partial charge in [0.25, 0.3) is 0 Å². The number of nitrogens with zero attached hydrogens (tertiary/aromatic N) is 1. The molecular formula is C7H14INO2. The third-order valence-electron chi connectivity index (χ3n) is 1.56. The number of aliphatic imine (C=N–C) groups is 1. The van der Waals surface area contributed by atoms with Gasteiger partial charge in [0.15, 0.2) is 6.29 Å². The smallest absolute Gasteiger partial charge is 0.170 e. The molecular weight excluding hydrogens is 257 g/mol. The van der Waals surface area contributed by atoms with Crippen molar-refractivity contribution in [2.24, 2.45) is 4.99 Å². The maximum Gasteiger partial charge on any atom is 0.170 e. The maximum absolute atomic E-state index is 5.02. The highest BCUT2D eigenvalue weighted by Gasteiger charge is 2.12. The monoisotopic (exact) mass is 271 g/mol. The van der Waals surface area contributed by atoms with Crippen LogP contribution in [0.2, 0.25) is 0 Å². The molecule has 4 heteroatoms. The highest BCUT2D eigenvalue weighted by atomic mass is 127. The third-order valence-corrected chi connectivity index (χ3v) is 2.12. The van der Waals surface area contributed by atoms with Gasteiger partial charge in [0.05, 0.1) is 6.04 Å². The van der Waals surface area contributed by atoms with Crippen molar-refractivity contribution in [3.05, 3.63) is 0 Å². The van der Waals surface area contributed by atoms with Crippen LogP contribution in [0, 0.1) is 0 Å². The second-order valence-electron chi connectivity index (χ2n) is 2.23. The van der Waals surface area contributed by atoms with E-state index in [1.807, 2.05) is 23.0 Å².